The van der Waals surface area contributed by atoms with E-state index >= 15 is 0 Å². The van der Waals surface area contributed by atoms with E-state index in [1.165, 1.54) is 23.1 Å². The summed E-state index contributed by atoms with van der Waals surface area (Å²) in [5, 5.41) is 2.80. The lowest BCUT2D eigenvalue weighted by Crippen LogP contribution is -2.51. The molecule has 9 nitrogen and oxygen atoms in total. The van der Waals surface area contributed by atoms with Crippen molar-refractivity contribution in [1.82, 2.24) is 14.5 Å². The summed E-state index contributed by atoms with van der Waals surface area (Å²) in [5.41, 5.74) is 0.753. The molecule has 0 spiro atoms. The minimum absolute atomic E-state index is 0.0300. The molecule has 2 aromatic rings. The first kappa shape index (κ1) is 25.2. The highest BCUT2D eigenvalue weighted by Crippen LogP contribution is 2.30. The van der Waals surface area contributed by atoms with Crippen molar-refractivity contribution in [2.24, 2.45) is 0 Å². The molecule has 0 fully saturated rings. The molecule has 0 saturated carbocycles. The fourth-order valence-corrected chi connectivity index (χ4v) is 5.17. The van der Waals surface area contributed by atoms with Gasteiger partial charge in [0.25, 0.3) is 15.9 Å². The second-order valence-electron chi connectivity index (χ2n) is 8.00. The average Bonchev–Trinajstić information content (AvgIpc) is 3.03. The molecule has 0 aliphatic carbocycles. The van der Waals surface area contributed by atoms with Gasteiger partial charge in [-0.1, -0.05) is 37.6 Å². The number of fused-ring (bicyclic) bond motifs is 1. The number of nitrogens with one attached hydrogen (secondary N) is 1. The number of nitrogens with zero attached hydrogens (tertiary/aromatic N) is 2. The van der Waals surface area contributed by atoms with Crippen LogP contribution >= 0.6 is 0 Å². The molecular weight excluding hydrogens is 458 g/mol. The van der Waals surface area contributed by atoms with Gasteiger partial charge < -0.3 is 15.0 Å². The summed E-state index contributed by atoms with van der Waals surface area (Å²) >= 11 is 0. The summed E-state index contributed by atoms with van der Waals surface area (Å²) in [5.74, 6) is -1.13. The molecule has 10 heteroatoms. The predicted octanol–water partition coefficient (Wildman–Crippen LogP) is 2.17. The second kappa shape index (κ2) is 10.7. The van der Waals surface area contributed by atoms with Crippen molar-refractivity contribution >= 4 is 27.7 Å². The quantitative estimate of drug-likeness (QED) is 0.514. The number of benzene rings is 2. The monoisotopic (exact) mass is 487 g/mol. The number of hydrogen-bond donors (Lipinski definition) is 1. The van der Waals surface area contributed by atoms with Crippen molar-refractivity contribution in [3.63, 3.8) is 0 Å². The molecule has 1 N–H and O–H groups in total. The van der Waals surface area contributed by atoms with E-state index in [1.807, 2.05) is 6.92 Å². The largest absolute Gasteiger partial charge is 0.497 e. The maximum absolute atomic E-state index is 13.3. The Morgan fingerprint density at radius 1 is 1.12 bits per heavy atom. The molecule has 34 heavy (non-hydrogen) atoms. The Morgan fingerprint density at radius 2 is 1.79 bits per heavy atom. The summed E-state index contributed by atoms with van der Waals surface area (Å²) in [6.45, 7) is 3.41. The standard InChI is InChI=1S/C24H29N3O6S/c1-4-5-14-25-23(29)17(2)26(15-18-10-12-19(33-3)13-11-18)22(28)16-27-24(30)20-8-6-7-9-21(20)34(27,31)32/h6-13,17H,4-5,14-16H2,1-3H3,(H,25,29)/t17-/m0/s1. The Balaban J connectivity index is 1.85. The van der Waals surface area contributed by atoms with Crippen LogP contribution in [0.3, 0.4) is 0 Å². The third-order valence-corrected chi connectivity index (χ3v) is 7.49. The van der Waals surface area contributed by atoms with Crippen LogP contribution in [0.1, 0.15) is 42.6 Å². The molecule has 3 rings (SSSR count). The molecule has 0 aromatic heterocycles. The first-order chi connectivity index (χ1) is 16.2. The van der Waals surface area contributed by atoms with E-state index < -0.39 is 34.4 Å². The highest BCUT2D eigenvalue weighted by Gasteiger charge is 2.43. The molecule has 1 atom stereocenters. The van der Waals surface area contributed by atoms with Crippen LogP contribution in [-0.2, 0) is 26.2 Å². The summed E-state index contributed by atoms with van der Waals surface area (Å²) in [6.07, 6.45) is 1.70. The van der Waals surface area contributed by atoms with Crippen LogP contribution in [0.15, 0.2) is 53.4 Å². The molecule has 0 saturated heterocycles. The third-order valence-electron chi connectivity index (χ3n) is 5.70. The Labute approximate surface area is 199 Å². The molecule has 0 unspecified atom stereocenters. The normalized spacial score (nSPS) is 14.9. The van der Waals surface area contributed by atoms with Gasteiger partial charge >= 0.3 is 0 Å². The van der Waals surface area contributed by atoms with Crippen LogP contribution < -0.4 is 10.1 Å². The molecule has 3 amide bonds. The number of methoxy groups -OCH3 is 1. The van der Waals surface area contributed by atoms with Gasteiger partial charge in [-0.25, -0.2) is 12.7 Å². The molecule has 2 aromatic carbocycles. The van der Waals surface area contributed by atoms with E-state index in [0.29, 0.717) is 16.6 Å². The van der Waals surface area contributed by atoms with Crippen LogP contribution in [0.4, 0.5) is 0 Å². The smallest absolute Gasteiger partial charge is 0.269 e. The van der Waals surface area contributed by atoms with Gasteiger partial charge in [-0.2, -0.15) is 0 Å². The molecule has 0 radical (unpaired) electrons. The number of unbranched alkanes of at least 4 members (excludes halogenated alkanes) is 1. The summed E-state index contributed by atoms with van der Waals surface area (Å²) in [6, 6.07) is 11.9. The first-order valence-electron chi connectivity index (χ1n) is 11.1. The highest BCUT2D eigenvalue weighted by atomic mass is 32.2. The lowest BCUT2D eigenvalue weighted by molar-refractivity contribution is -0.140. The Bertz CT molecular complexity index is 1160. The molecule has 1 aliphatic rings. The topological polar surface area (TPSA) is 113 Å². The van der Waals surface area contributed by atoms with Gasteiger partial charge in [-0.15, -0.1) is 0 Å². The van der Waals surface area contributed by atoms with E-state index in [-0.39, 0.29) is 22.9 Å². The number of amides is 3. The number of carbonyl (C=O) groups is 3. The SMILES string of the molecule is CCCCNC(=O)[C@H](C)N(Cc1ccc(OC)cc1)C(=O)CN1C(=O)c2ccccc2S1(=O)=O. The van der Waals surface area contributed by atoms with E-state index in [4.69, 9.17) is 4.74 Å². The maximum Gasteiger partial charge on any atom is 0.269 e. The number of ether oxygens (including phenoxy) is 1. The molecule has 1 aliphatic heterocycles. The van der Waals surface area contributed by atoms with Gasteiger partial charge in [-0.3, -0.25) is 14.4 Å². The number of rotatable bonds is 10. The van der Waals surface area contributed by atoms with Gasteiger partial charge in [-0.05, 0) is 43.2 Å². The molecule has 1 heterocycles. The van der Waals surface area contributed by atoms with Crippen LogP contribution in [0.2, 0.25) is 0 Å². The molecule has 182 valence electrons. The lowest BCUT2D eigenvalue weighted by atomic mass is 10.1. The van der Waals surface area contributed by atoms with Crippen LogP contribution in [0, 0.1) is 0 Å². The maximum atomic E-state index is 13.3. The van der Waals surface area contributed by atoms with Gasteiger partial charge in [0.2, 0.25) is 11.8 Å². The van der Waals surface area contributed by atoms with Crippen molar-refractivity contribution in [2.45, 2.75) is 44.2 Å². The zero-order valence-corrected chi connectivity index (χ0v) is 20.3. The van der Waals surface area contributed by atoms with E-state index in [2.05, 4.69) is 5.32 Å². The van der Waals surface area contributed by atoms with Crippen molar-refractivity contribution in [3.8, 4) is 5.75 Å². The molecule has 0 bridgehead atoms. The zero-order valence-electron chi connectivity index (χ0n) is 19.5. The first-order valence-corrected chi connectivity index (χ1v) is 12.5. The number of hydrogen-bond acceptors (Lipinski definition) is 6. The minimum Gasteiger partial charge on any atom is -0.497 e. The van der Waals surface area contributed by atoms with Crippen molar-refractivity contribution in [1.29, 1.82) is 0 Å². The van der Waals surface area contributed by atoms with E-state index in [9.17, 15) is 22.8 Å². The summed E-state index contributed by atoms with van der Waals surface area (Å²) in [7, 11) is -2.61. The van der Waals surface area contributed by atoms with Crippen LogP contribution in [0.5, 0.6) is 5.75 Å². The van der Waals surface area contributed by atoms with Gasteiger partial charge in [0.1, 0.15) is 23.2 Å². The second-order valence-corrected chi connectivity index (χ2v) is 9.83. The Kier molecular flexibility index (Phi) is 7.93. The van der Waals surface area contributed by atoms with Crippen LogP contribution in [-0.4, -0.2) is 61.6 Å². The average molecular weight is 488 g/mol. The summed E-state index contributed by atoms with van der Waals surface area (Å²) < 4.78 is 31.5. The van der Waals surface area contributed by atoms with Crippen molar-refractivity contribution < 1.29 is 27.5 Å². The zero-order chi connectivity index (χ0) is 24.9. The highest BCUT2D eigenvalue weighted by molar-refractivity contribution is 7.90. The fraction of sp³-hybridized carbons (Fsp3) is 0.375. The Hall–Kier alpha value is -3.40. The summed E-state index contributed by atoms with van der Waals surface area (Å²) in [4.78, 5) is 40.0. The van der Waals surface area contributed by atoms with Crippen LogP contribution in [0.25, 0.3) is 0 Å². The van der Waals surface area contributed by atoms with Gasteiger partial charge in [0, 0.05) is 13.1 Å². The van der Waals surface area contributed by atoms with Gasteiger partial charge in [0.05, 0.1) is 12.7 Å². The number of sulfonamides is 1. The van der Waals surface area contributed by atoms with E-state index in [1.54, 1.807) is 44.4 Å². The lowest BCUT2D eigenvalue weighted by Gasteiger charge is -2.30. The third kappa shape index (κ3) is 5.22. The fourth-order valence-electron chi connectivity index (χ4n) is 3.65. The van der Waals surface area contributed by atoms with E-state index in [0.717, 1.165) is 18.4 Å². The predicted molar refractivity (Wildman–Crippen MR) is 126 cm³/mol. The minimum atomic E-state index is -4.15. The Morgan fingerprint density at radius 3 is 2.41 bits per heavy atom. The van der Waals surface area contributed by atoms with Crippen molar-refractivity contribution in [3.05, 3.63) is 59.7 Å². The van der Waals surface area contributed by atoms with Crippen molar-refractivity contribution in [2.75, 3.05) is 20.2 Å². The van der Waals surface area contributed by atoms with Gasteiger partial charge in [0.15, 0.2) is 0 Å². The molecular formula is C24H29N3O6S. The number of carbonyl (C=O) groups excluding carboxylic acids is 3.